The van der Waals surface area contributed by atoms with Gasteiger partial charge in [-0.25, -0.2) is 0 Å². The van der Waals surface area contributed by atoms with Gasteiger partial charge >= 0.3 is 0 Å². The minimum absolute atomic E-state index is 1.07. The van der Waals surface area contributed by atoms with E-state index in [-0.39, 0.29) is 0 Å². The van der Waals surface area contributed by atoms with Crippen molar-refractivity contribution in [1.29, 1.82) is 0 Å². The van der Waals surface area contributed by atoms with Gasteiger partial charge < -0.3 is 18.9 Å². The second-order valence-corrected chi connectivity index (χ2v) is 19.2. The summed E-state index contributed by atoms with van der Waals surface area (Å²) in [4.78, 5) is 4.99. The van der Waals surface area contributed by atoms with Gasteiger partial charge in [-0.05, 0) is 117 Å². The van der Waals surface area contributed by atoms with Gasteiger partial charge in [0, 0.05) is 43.7 Å². The first-order valence-electron chi connectivity index (χ1n) is 25.4. The van der Waals surface area contributed by atoms with E-state index >= 15 is 0 Å². The molecule has 0 aliphatic carbocycles. The van der Waals surface area contributed by atoms with Gasteiger partial charge in [0.25, 0.3) is 0 Å². The summed E-state index contributed by atoms with van der Waals surface area (Å²) in [7, 11) is 0. The van der Waals surface area contributed by atoms with Crippen molar-refractivity contribution in [2.24, 2.45) is 0 Å². The number of rotatable bonds is 8. The van der Waals surface area contributed by atoms with E-state index in [9.17, 15) is 0 Å². The Labute approximate surface area is 428 Å². The Bertz CT molecular complexity index is 4590. The topological polar surface area (TPSA) is 16.3 Å². The van der Waals surface area contributed by atoms with Crippen molar-refractivity contribution in [2.75, 3.05) is 9.80 Å². The lowest BCUT2D eigenvalue weighted by Gasteiger charge is -2.31. The van der Waals surface area contributed by atoms with Crippen molar-refractivity contribution in [1.82, 2.24) is 9.13 Å². The highest BCUT2D eigenvalue weighted by Gasteiger charge is 2.26. The van der Waals surface area contributed by atoms with Crippen LogP contribution in [0.2, 0.25) is 0 Å². The lowest BCUT2D eigenvalue weighted by molar-refractivity contribution is 1.15. The van der Waals surface area contributed by atoms with Crippen LogP contribution in [0.4, 0.5) is 34.1 Å². The molecule has 346 valence electrons. The molecular formula is C70H46N4. The summed E-state index contributed by atoms with van der Waals surface area (Å²) in [5, 5.41) is 14.4. The highest BCUT2D eigenvalue weighted by Crippen LogP contribution is 2.50. The van der Waals surface area contributed by atoms with E-state index in [1.54, 1.807) is 0 Å². The van der Waals surface area contributed by atoms with Crippen LogP contribution in [-0.2, 0) is 0 Å². The molecule has 15 aromatic rings. The smallest absolute Gasteiger partial charge is 0.0702 e. The van der Waals surface area contributed by atoms with E-state index in [1.807, 2.05) is 0 Å². The highest BCUT2D eigenvalue weighted by atomic mass is 15.2. The Morgan fingerprint density at radius 3 is 1.07 bits per heavy atom. The zero-order chi connectivity index (χ0) is 48.7. The van der Waals surface area contributed by atoms with E-state index in [0.717, 1.165) is 50.9 Å². The maximum atomic E-state index is 2.51. The molecule has 15 rings (SSSR count). The average Bonchev–Trinajstić information content (AvgIpc) is 4.02. The van der Waals surface area contributed by atoms with Gasteiger partial charge in [-0.1, -0.05) is 194 Å². The van der Waals surface area contributed by atoms with Crippen LogP contribution in [0.1, 0.15) is 0 Å². The fourth-order valence-electron chi connectivity index (χ4n) is 12.1. The molecule has 0 saturated carbocycles. The molecule has 0 saturated heterocycles. The molecule has 0 fully saturated rings. The number of fused-ring (bicyclic) bond motifs is 12. The predicted molar refractivity (Wildman–Crippen MR) is 315 cm³/mol. The largest absolute Gasteiger partial charge is 0.308 e. The molecular weight excluding hydrogens is 897 g/mol. The number of hydrogen-bond donors (Lipinski definition) is 0. The molecule has 0 atom stereocenters. The zero-order valence-corrected chi connectivity index (χ0v) is 40.3. The lowest BCUT2D eigenvalue weighted by atomic mass is 9.93. The molecule has 2 aromatic heterocycles. The number of anilines is 6. The third kappa shape index (κ3) is 6.42. The summed E-state index contributed by atoms with van der Waals surface area (Å²) in [6.07, 6.45) is 0. The van der Waals surface area contributed by atoms with E-state index in [0.29, 0.717) is 0 Å². The summed E-state index contributed by atoms with van der Waals surface area (Å²) >= 11 is 0. The summed E-state index contributed by atoms with van der Waals surface area (Å²) in [6.45, 7) is 0. The number of nitrogens with zero attached hydrogens (tertiary/aromatic N) is 4. The van der Waals surface area contributed by atoms with Gasteiger partial charge in [-0.3, -0.25) is 0 Å². The van der Waals surface area contributed by atoms with E-state index in [1.165, 1.54) is 81.3 Å². The second-order valence-electron chi connectivity index (χ2n) is 19.2. The normalized spacial score (nSPS) is 11.8. The van der Waals surface area contributed by atoms with E-state index in [4.69, 9.17) is 0 Å². The van der Waals surface area contributed by atoms with Gasteiger partial charge in [-0.2, -0.15) is 0 Å². The first-order valence-corrected chi connectivity index (χ1v) is 25.4. The van der Waals surface area contributed by atoms with Gasteiger partial charge in [0.2, 0.25) is 0 Å². The summed E-state index contributed by atoms with van der Waals surface area (Å²) in [5.74, 6) is 0. The molecule has 4 nitrogen and oxygen atoms in total. The number of para-hydroxylation sites is 9. The predicted octanol–water partition coefficient (Wildman–Crippen LogP) is 19.4. The number of hydrogen-bond acceptors (Lipinski definition) is 2. The minimum Gasteiger partial charge on any atom is -0.308 e. The molecule has 0 aliphatic heterocycles. The highest BCUT2D eigenvalue weighted by molar-refractivity contribution is 6.27. The third-order valence-electron chi connectivity index (χ3n) is 15.2. The number of benzene rings is 13. The maximum Gasteiger partial charge on any atom is 0.0702 e. The second kappa shape index (κ2) is 16.9. The SMILES string of the molecule is c1ccc(N(c2ccccc2-n2c3ccccc3c3ccccc32)c2cc3cc(N(c4ccc5ccccc5c4)c4ccccc4-n4c5ccccc5c5ccccc54)c4ccccc4c3c3ccccc23)cc1. The van der Waals surface area contributed by atoms with Crippen LogP contribution in [0.25, 0.3) is 98.1 Å². The molecule has 0 aliphatic rings. The van der Waals surface area contributed by atoms with Crippen molar-refractivity contribution >= 4 is 121 Å². The van der Waals surface area contributed by atoms with Crippen LogP contribution in [0.5, 0.6) is 0 Å². The first-order chi connectivity index (χ1) is 36.8. The van der Waals surface area contributed by atoms with Gasteiger partial charge in [0.05, 0.1) is 56.2 Å². The van der Waals surface area contributed by atoms with Crippen molar-refractivity contribution in [2.45, 2.75) is 0 Å². The summed E-state index contributed by atoms with van der Waals surface area (Å²) < 4.78 is 4.90. The van der Waals surface area contributed by atoms with Crippen LogP contribution in [0.3, 0.4) is 0 Å². The van der Waals surface area contributed by atoms with E-state index < -0.39 is 0 Å². The van der Waals surface area contributed by atoms with Gasteiger partial charge in [0.1, 0.15) is 0 Å². The molecule has 13 aromatic carbocycles. The minimum atomic E-state index is 1.07. The number of aromatic nitrogens is 2. The van der Waals surface area contributed by atoms with E-state index in [2.05, 4.69) is 298 Å². The molecule has 2 heterocycles. The molecule has 0 amide bonds. The Kier molecular flexibility index (Phi) is 9.54. The Hall–Kier alpha value is -9.90. The average molecular weight is 943 g/mol. The maximum absolute atomic E-state index is 2.51. The summed E-state index contributed by atoms with van der Waals surface area (Å²) in [5.41, 5.74) is 13.4. The van der Waals surface area contributed by atoms with Crippen molar-refractivity contribution in [3.8, 4) is 11.4 Å². The lowest BCUT2D eigenvalue weighted by Crippen LogP contribution is -2.14. The van der Waals surface area contributed by atoms with Crippen molar-refractivity contribution in [3.05, 3.63) is 279 Å². The Morgan fingerprint density at radius 1 is 0.216 bits per heavy atom. The van der Waals surface area contributed by atoms with Crippen LogP contribution in [0, 0.1) is 0 Å². The molecule has 0 spiro atoms. The molecule has 4 heteroatoms. The van der Waals surface area contributed by atoms with Crippen LogP contribution in [0.15, 0.2) is 279 Å². The molecule has 0 radical (unpaired) electrons. The van der Waals surface area contributed by atoms with Crippen LogP contribution in [-0.4, -0.2) is 9.13 Å². The van der Waals surface area contributed by atoms with Crippen molar-refractivity contribution in [3.63, 3.8) is 0 Å². The van der Waals surface area contributed by atoms with Gasteiger partial charge in [-0.15, -0.1) is 0 Å². The van der Waals surface area contributed by atoms with Crippen molar-refractivity contribution < 1.29 is 0 Å². The monoisotopic (exact) mass is 942 g/mol. The molecule has 0 unspecified atom stereocenters. The van der Waals surface area contributed by atoms with Crippen LogP contribution < -0.4 is 9.80 Å². The first kappa shape index (κ1) is 41.8. The Balaban J connectivity index is 1.04. The Morgan fingerprint density at radius 2 is 0.581 bits per heavy atom. The molecule has 74 heavy (non-hydrogen) atoms. The molecule has 0 bridgehead atoms. The molecule has 0 N–H and O–H groups in total. The third-order valence-corrected chi connectivity index (χ3v) is 15.2. The quantitative estimate of drug-likeness (QED) is 0.141. The standard InChI is InChI=1S/C70H46N4/c1-2-24-50(25-3-1)71(64-38-18-20-40-66(64)73-60-34-14-10-26-52(60)53-27-11-15-35-61(53)73)68-45-49-46-69(57-31-7-9-33-59(57)70(49)58-32-8-6-30-56(58)68)72(51-43-42-47-22-4-5-23-48(47)44-51)65-39-19-21-41-67(65)74-62-36-16-12-28-54(62)55-29-13-17-37-63(55)74/h1-46H. The fourth-order valence-corrected chi connectivity index (χ4v) is 12.1. The summed E-state index contributed by atoms with van der Waals surface area (Å²) in [6, 6.07) is 102. The fraction of sp³-hybridized carbons (Fsp3) is 0. The zero-order valence-electron chi connectivity index (χ0n) is 40.3. The van der Waals surface area contributed by atoms with Gasteiger partial charge in [0.15, 0.2) is 0 Å². The van der Waals surface area contributed by atoms with Crippen LogP contribution >= 0.6 is 0 Å².